The van der Waals surface area contributed by atoms with Crippen LogP contribution in [0.15, 0.2) is 47.1 Å². The smallest absolute Gasteiger partial charge is 0.282 e. The predicted molar refractivity (Wildman–Crippen MR) is 102 cm³/mol. The molecule has 136 valence electrons. The second-order valence-electron chi connectivity index (χ2n) is 6.54. The molecule has 1 aromatic carbocycles. The maximum atomic E-state index is 13.1. The Morgan fingerprint density at radius 1 is 1.35 bits per heavy atom. The molecule has 2 heterocycles. The molecule has 0 radical (unpaired) electrons. The molecule has 1 N–H and O–H groups in total. The molecular formula is C19H20BrN3O3. The van der Waals surface area contributed by atoms with Crippen molar-refractivity contribution in [3.05, 3.63) is 52.6 Å². The summed E-state index contributed by atoms with van der Waals surface area (Å²) in [6.45, 7) is 5.55. The topological polar surface area (TPSA) is 71.5 Å². The van der Waals surface area contributed by atoms with E-state index in [1.807, 2.05) is 38.1 Å². The number of nitrogens with zero attached hydrogens (tertiary/aromatic N) is 2. The first-order valence-electron chi connectivity index (χ1n) is 8.33. The highest BCUT2D eigenvalue weighted by Crippen LogP contribution is 2.37. The number of fused-ring (bicyclic) bond motifs is 1. The minimum atomic E-state index is -1.65. The molecule has 2 amide bonds. The monoisotopic (exact) mass is 417 g/mol. The SMILES string of the molecule is CC(C)N1C(=O)[C@](C)(C(=O)NCc2cccc(Br)c2)Oc2cccnc21. The summed E-state index contributed by atoms with van der Waals surface area (Å²) in [5, 5.41) is 2.80. The fraction of sp³-hybridized carbons (Fsp3) is 0.316. The lowest BCUT2D eigenvalue weighted by Gasteiger charge is -2.40. The van der Waals surface area contributed by atoms with E-state index in [1.54, 1.807) is 18.3 Å². The van der Waals surface area contributed by atoms with Crippen molar-refractivity contribution in [2.24, 2.45) is 0 Å². The highest BCUT2D eigenvalue weighted by molar-refractivity contribution is 9.10. The molecular weight excluding hydrogens is 398 g/mol. The zero-order valence-electron chi connectivity index (χ0n) is 14.8. The minimum absolute atomic E-state index is 0.155. The number of carbonyl (C=O) groups excluding carboxylic acids is 2. The molecule has 1 aromatic heterocycles. The van der Waals surface area contributed by atoms with Crippen molar-refractivity contribution >= 4 is 33.6 Å². The van der Waals surface area contributed by atoms with Crippen molar-refractivity contribution in [2.45, 2.75) is 39.0 Å². The van der Waals surface area contributed by atoms with E-state index in [2.05, 4.69) is 26.2 Å². The Hall–Kier alpha value is -2.41. The van der Waals surface area contributed by atoms with Crippen molar-refractivity contribution in [3.63, 3.8) is 0 Å². The number of hydrogen-bond acceptors (Lipinski definition) is 4. The molecule has 0 spiro atoms. The number of pyridine rings is 1. The van der Waals surface area contributed by atoms with E-state index in [-0.39, 0.29) is 6.04 Å². The summed E-state index contributed by atoms with van der Waals surface area (Å²) in [4.78, 5) is 31.7. The average Bonchev–Trinajstić information content (AvgIpc) is 2.60. The molecule has 0 fully saturated rings. The van der Waals surface area contributed by atoms with Gasteiger partial charge in [0, 0.05) is 23.3 Å². The summed E-state index contributed by atoms with van der Waals surface area (Å²) in [5.41, 5.74) is -0.728. The van der Waals surface area contributed by atoms with Gasteiger partial charge in [-0.05, 0) is 50.6 Å². The van der Waals surface area contributed by atoms with Crippen molar-refractivity contribution < 1.29 is 14.3 Å². The third kappa shape index (κ3) is 3.31. The van der Waals surface area contributed by atoms with Gasteiger partial charge < -0.3 is 10.1 Å². The number of carbonyl (C=O) groups is 2. The highest BCUT2D eigenvalue weighted by atomic mass is 79.9. The lowest BCUT2D eigenvalue weighted by Crippen LogP contribution is -2.63. The van der Waals surface area contributed by atoms with Gasteiger partial charge >= 0.3 is 0 Å². The molecule has 26 heavy (non-hydrogen) atoms. The van der Waals surface area contributed by atoms with E-state index in [4.69, 9.17) is 4.74 Å². The summed E-state index contributed by atoms with van der Waals surface area (Å²) in [6.07, 6.45) is 1.60. The van der Waals surface area contributed by atoms with E-state index in [9.17, 15) is 9.59 Å². The van der Waals surface area contributed by atoms with Crippen LogP contribution in [0.25, 0.3) is 0 Å². The number of halogens is 1. The van der Waals surface area contributed by atoms with Gasteiger partial charge in [0.2, 0.25) is 0 Å². The van der Waals surface area contributed by atoms with Gasteiger partial charge in [-0.2, -0.15) is 0 Å². The van der Waals surface area contributed by atoms with Gasteiger partial charge in [0.05, 0.1) is 0 Å². The quantitative estimate of drug-likeness (QED) is 0.775. The van der Waals surface area contributed by atoms with Crippen LogP contribution in [0, 0.1) is 0 Å². The number of hydrogen-bond donors (Lipinski definition) is 1. The van der Waals surface area contributed by atoms with Crippen LogP contribution in [0.3, 0.4) is 0 Å². The van der Waals surface area contributed by atoms with Crippen LogP contribution in [0.1, 0.15) is 26.3 Å². The van der Waals surface area contributed by atoms with Gasteiger partial charge in [0.15, 0.2) is 11.6 Å². The number of anilines is 1. The van der Waals surface area contributed by atoms with Crippen LogP contribution in [0.4, 0.5) is 5.82 Å². The van der Waals surface area contributed by atoms with E-state index in [0.29, 0.717) is 18.1 Å². The first-order chi connectivity index (χ1) is 12.3. The summed E-state index contributed by atoms with van der Waals surface area (Å²) in [6, 6.07) is 10.9. The Morgan fingerprint density at radius 3 is 2.81 bits per heavy atom. The number of amides is 2. The highest BCUT2D eigenvalue weighted by Gasteiger charge is 2.51. The largest absolute Gasteiger partial charge is 0.464 e. The Labute approximate surface area is 160 Å². The Bertz CT molecular complexity index is 855. The van der Waals surface area contributed by atoms with Gasteiger partial charge in [-0.15, -0.1) is 0 Å². The van der Waals surface area contributed by atoms with Gasteiger partial charge in [-0.3, -0.25) is 14.5 Å². The van der Waals surface area contributed by atoms with Gasteiger partial charge in [0.1, 0.15) is 0 Å². The zero-order valence-corrected chi connectivity index (χ0v) is 16.4. The van der Waals surface area contributed by atoms with Crippen molar-refractivity contribution in [2.75, 3.05) is 4.90 Å². The second-order valence-corrected chi connectivity index (χ2v) is 7.46. The standard InChI is InChI=1S/C19H20BrN3O3/c1-12(2)23-16-15(8-5-9-21-16)26-19(3,18(23)25)17(24)22-11-13-6-4-7-14(20)10-13/h4-10,12H,11H2,1-3H3,(H,22,24)/t19-/m0/s1. The third-order valence-corrected chi connectivity index (χ3v) is 4.71. The van der Waals surface area contributed by atoms with Crippen LogP contribution < -0.4 is 15.0 Å². The number of nitrogens with one attached hydrogen (secondary N) is 1. The second kappa shape index (κ2) is 7.07. The summed E-state index contributed by atoms with van der Waals surface area (Å²) in [5.74, 6) is -0.0567. The Kier molecular flexibility index (Phi) is 5.00. The predicted octanol–water partition coefficient (Wildman–Crippen LogP) is 3.05. The van der Waals surface area contributed by atoms with Gasteiger partial charge in [-0.25, -0.2) is 4.98 Å². The first kappa shape index (κ1) is 18.4. The molecule has 1 aliphatic heterocycles. The maximum Gasteiger partial charge on any atom is 0.282 e. The van der Waals surface area contributed by atoms with Crippen molar-refractivity contribution in [3.8, 4) is 5.75 Å². The normalized spacial score (nSPS) is 19.1. The molecule has 2 aromatic rings. The van der Waals surface area contributed by atoms with Crippen molar-refractivity contribution in [1.82, 2.24) is 10.3 Å². The zero-order chi connectivity index (χ0) is 18.9. The van der Waals surface area contributed by atoms with Crippen LogP contribution in [0.5, 0.6) is 5.75 Å². The fourth-order valence-corrected chi connectivity index (χ4v) is 3.30. The molecule has 0 saturated carbocycles. The number of ether oxygens (including phenoxy) is 1. The average molecular weight is 418 g/mol. The Morgan fingerprint density at radius 2 is 2.12 bits per heavy atom. The summed E-state index contributed by atoms with van der Waals surface area (Å²) >= 11 is 3.40. The van der Waals surface area contributed by atoms with E-state index in [0.717, 1.165) is 10.0 Å². The molecule has 1 atom stereocenters. The molecule has 0 saturated heterocycles. The molecule has 7 heteroatoms. The number of rotatable bonds is 4. The van der Waals surface area contributed by atoms with E-state index in [1.165, 1.54) is 11.8 Å². The number of aromatic nitrogens is 1. The fourth-order valence-electron chi connectivity index (χ4n) is 2.85. The summed E-state index contributed by atoms with van der Waals surface area (Å²) < 4.78 is 6.73. The lowest BCUT2D eigenvalue weighted by molar-refractivity contribution is -0.148. The minimum Gasteiger partial charge on any atom is -0.464 e. The van der Waals surface area contributed by atoms with E-state index < -0.39 is 17.4 Å². The van der Waals surface area contributed by atoms with E-state index >= 15 is 0 Å². The first-order valence-corrected chi connectivity index (χ1v) is 9.12. The maximum absolute atomic E-state index is 13.1. The van der Waals surface area contributed by atoms with Crippen LogP contribution >= 0.6 is 15.9 Å². The Balaban J connectivity index is 1.86. The van der Waals surface area contributed by atoms with Crippen LogP contribution in [0.2, 0.25) is 0 Å². The molecule has 0 aliphatic carbocycles. The molecule has 3 rings (SSSR count). The lowest BCUT2D eigenvalue weighted by atomic mass is 9.99. The molecule has 0 unspecified atom stereocenters. The van der Waals surface area contributed by atoms with Crippen LogP contribution in [-0.2, 0) is 16.1 Å². The third-order valence-electron chi connectivity index (χ3n) is 4.21. The number of benzene rings is 1. The van der Waals surface area contributed by atoms with Crippen molar-refractivity contribution in [1.29, 1.82) is 0 Å². The van der Waals surface area contributed by atoms with Crippen LogP contribution in [-0.4, -0.2) is 28.4 Å². The summed E-state index contributed by atoms with van der Waals surface area (Å²) in [7, 11) is 0. The molecule has 6 nitrogen and oxygen atoms in total. The van der Waals surface area contributed by atoms with Gasteiger partial charge in [-0.1, -0.05) is 28.1 Å². The molecule has 0 bridgehead atoms. The van der Waals surface area contributed by atoms with Gasteiger partial charge in [0.25, 0.3) is 17.4 Å². The molecule has 1 aliphatic rings.